The second-order valence-corrected chi connectivity index (χ2v) is 4.98. The molecule has 0 heterocycles. The first-order valence-corrected chi connectivity index (χ1v) is 5.87. The lowest BCUT2D eigenvalue weighted by molar-refractivity contribution is -0.144. The van der Waals surface area contributed by atoms with E-state index in [1.165, 1.54) is 0 Å². The summed E-state index contributed by atoms with van der Waals surface area (Å²) in [6.07, 6.45) is 6.15. The van der Waals surface area contributed by atoms with Crippen molar-refractivity contribution in [2.45, 2.75) is 30.7 Å². The van der Waals surface area contributed by atoms with Crippen LogP contribution in [0.3, 0.4) is 0 Å². The topological polar surface area (TPSA) is 52.3 Å². The van der Waals surface area contributed by atoms with Crippen molar-refractivity contribution in [3.05, 3.63) is 23.3 Å². The molecule has 0 radical (unpaired) electrons. The molecule has 5 heteroatoms. The Bertz CT molecular complexity index is 328. The number of hydrogen-bond donors (Lipinski definition) is 1. The average Bonchev–Trinajstić information content (AvgIpc) is 2.16. The fourth-order valence-electron chi connectivity index (χ4n) is 1.56. The van der Waals surface area contributed by atoms with Crippen molar-refractivity contribution in [3.63, 3.8) is 0 Å². The molecule has 1 rings (SSSR count). The fraction of sp³-hybridized carbons (Fsp3) is 0.545. The SMILES string of the molecule is CCOC(=O)C(N)CC1(Cl)C=CC=C(Cl)C1. The number of ether oxygens (including phenoxy) is 1. The zero-order valence-electron chi connectivity index (χ0n) is 9.08. The van der Waals surface area contributed by atoms with Gasteiger partial charge in [0, 0.05) is 11.5 Å². The number of alkyl halides is 1. The van der Waals surface area contributed by atoms with Crippen LogP contribution < -0.4 is 5.73 Å². The molecular formula is C11H15Cl2NO2. The Balaban J connectivity index is 2.57. The Morgan fingerprint density at radius 2 is 2.44 bits per heavy atom. The predicted octanol–water partition coefficient (Wildman–Crippen LogP) is 2.33. The molecule has 0 saturated carbocycles. The number of allylic oxidation sites excluding steroid dienone is 4. The van der Waals surface area contributed by atoms with E-state index in [1.807, 2.05) is 0 Å². The molecule has 0 bridgehead atoms. The minimum absolute atomic E-state index is 0.313. The Morgan fingerprint density at radius 1 is 1.75 bits per heavy atom. The quantitative estimate of drug-likeness (QED) is 0.626. The summed E-state index contributed by atoms with van der Waals surface area (Å²) in [6, 6.07) is -0.718. The molecule has 0 fully saturated rings. The van der Waals surface area contributed by atoms with E-state index in [2.05, 4.69) is 0 Å². The maximum atomic E-state index is 11.4. The van der Waals surface area contributed by atoms with Gasteiger partial charge in [-0.3, -0.25) is 4.79 Å². The Morgan fingerprint density at radius 3 is 3.00 bits per heavy atom. The molecule has 1 aliphatic carbocycles. The zero-order valence-corrected chi connectivity index (χ0v) is 10.6. The number of hydrogen-bond acceptors (Lipinski definition) is 3. The van der Waals surface area contributed by atoms with Gasteiger partial charge in [-0.05, 0) is 19.4 Å². The minimum Gasteiger partial charge on any atom is -0.465 e. The van der Waals surface area contributed by atoms with Crippen LogP contribution in [0, 0.1) is 0 Å². The summed E-state index contributed by atoms with van der Waals surface area (Å²) >= 11 is 12.2. The summed E-state index contributed by atoms with van der Waals surface area (Å²) < 4.78 is 4.82. The first-order valence-electron chi connectivity index (χ1n) is 5.12. The van der Waals surface area contributed by atoms with Gasteiger partial charge in [0.25, 0.3) is 0 Å². The Kier molecular flexibility index (Phi) is 4.84. The van der Waals surface area contributed by atoms with Gasteiger partial charge in [-0.15, -0.1) is 11.6 Å². The molecule has 0 aromatic rings. The summed E-state index contributed by atoms with van der Waals surface area (Å²) in [5, 5.41) is 0.661. The second-order valence-electron chi connectivity index (χ2n) is 3.75. The van der Waals surface area contributed by atoms with Gasteiger partial charge in [-0.1, -0.05) is 23.8 Å². The standard InChI is InChI=1S/C11H15Cl2NO2/c1-2-16-10(15)9(14)7-11(13)5-3-4-8(12)6-11/h3-5,9H,2,6-7,14H2,1H3. The third kappa shape index (κ3) is 3.81. The molecule has 90 valence electrons. The van der Waals surface area contributed by atoms with E-state index in [4.69, 9.17) is 33.7 Å². The molecule has 16 heavy (non-hydrogen) atoms. The molecule has 0 amide bonds. The number of carbonyl (C=O) groups excluding carboxylic acids is 1. The van der Waals surface area contributed by atoms with E-state index in [-0.39, 0.29) is 0 Å². The van der Waals surface area contributed by atoms with Crippen LogP contribution in [0.1, 0.15) is 19.8 Å². The van der Waals surface area contributed by atoms with Crippen molar-refractivity contribution in [1.29, 1.82) is 0 Å². The van der Waals surface area contributed by atoms with Gasteiger partial charge in [-0.25, -0.2) is 0 Å². The molecular weight excluding hydrogens is 249 g/mol. The van der Waals surface area contributed by atoms with Crippen molar-refractivity contribution in [1.82, 2.24) is 0 Å². The van der Waals surface area contributed by atoms with Crippen molar-refractivity contribution < 1.29 is 9.53 Å². The highest BCUT2D eigenvalue weighted by atomic mass is 35.5. The smallest absolute Gasteiger partial charge is 0.322 e. The van der Waals surface area contributed by atoms with E-state index in [9.17, 15) is 4.79 Å². The molecule has 2 N–H and O–H groups in total. The van der Waals surface area contributed by atoms with Gasteiger partial charge in [0.1, 0.15) is 6.04 Å². The van der Waals surface area contributed by atoms with Gasteiger partial charge < -0.3 is 10.5 Å². The molecule has 3 nitrogen and oxygen atoms in total. The van der Waals surface area contributed by atoms with Crippen LogP contribution in [0.5, 0.6) is 0 Å². The lowest BCUT2D eigenvalue weighted by Gasteiger charge is -2.27. The largest absolute Gasteiger partial charge is 0.465 e. The van der Waals surface area contributed by atoms with E-state index >= 15 is 0 Å². The minimum atomic E-state index is -0.718. The van der Waals surface area contributed by atoms with Gasteiger partial charge in [0.15, 0.2) is 0 Å². The molecule has 1 aliphatic rings. The normalized spacial score (nSPS) is 26.1. The van der Waals surface area contributed by atoms with Crippen molar-refractivity contribution in [2.24, 2.45) is 5.73 Å². The van der Waals surface area contributed by atoms with Crippen molar-refractivity contribution in [3.8, 4) is 0 Å². The van der Waals surface area contributed by atoms with Gasteiger partial charge in [0.2, 0.25) is 0 Å². The van der Waals surface area contributed by atoms with E-state index < -0.39 is 16.9 Å². The van der Waals surface area contributed by atoms with Gasteiger partial charge in [0.05, 0.1) is 11.5 Å². The average molecular weight is 264 g/mol. The monoisotopic (exact) mass is 263 g/mol. The highest BCUT2D eigenvalue weighted by Crippen LogP contribution is 2.35. The highest BCUT2D eigenvalue weighted by molar-refractivity contribution is 6.32. The van der Waals surface area contributed by atoms with E-state index in [1.54, 1.807) is 25.2 Å². The summed E-state index contributed by atoms with van der Waals surface area (Å²) in [5.74, 6) is -0.429. The zero-order chi connectivity index (χ0) is 12.2. The number of nitrogens with two attached hydrogens (primary N) is 1. The molecule has 2 atom stereocenters. The number of rotatable bonds is 4. The molecule has 2 unspecified atom stereocenters. The first kappa shape index (κ1) is 13.6. The molecule has 0 aliphatic heterocycles. The van der Waals surface area contributed by atoms with Crippen molar-refractivity contribution >= 4 is 29.2 Å². The lowest BCUT2D eigenvalue weighted by atomic mass is 9.92. The van der Waals surface area contributed by atoms with E-state index in [0.29, 0.717) is 24.5 Å². The molecule has 0 aromatic carbocycles. The van der Waals surface area contributed by atoms with Crippen LogP contribution in [-0.2, 0) is 9.53 Å². The van der Waals surface area contributed by atoms with E-state index in [0.717, 1.165) is 0 Å². The first-order chi connectivity index (χ1) is 7.47. The van der Waals surface area contributed by atoms with Crippen LogP contribution in [0.15, 0.2) is 23.3 Å². The maximum absolute atomic E-state index is 11.4. The molecule has 0 saturated heterocycles. The third-order valence-corrected chi connectivity index (χ3v) is 2.96. The Hall–Kier alpha value is -0.510. The van der Waals surface area contributed by atoms with Crippen LogP contribution in [0.25, 0.3) is 0 Å². The van der Waals surface area contributed by atoms with Crippen LogP contribution in [0.2, 0.25) is 0 Å². The number of carbonyl (C=O) groups is 1. The lowest BCUT2D eigenvalue weighted by Crippen LogP contribution is -2.39. The number of esters is 1. The van der Waals surface area contributed by atoms with Crippen LogP contribution in [0.4, 0.5) is 0 Å². The molecule has 0 spiro atoms. The third-order valence-electron chi connectivity index (χ3n) is 2.28. The number of halogens is 2. The molecule has 0 aromatic heterocycles. The van der Waals surface area contributed by atoms with Crippen LogP contribution >= 0.6 is 23.2 Å². The summed E-state index contributed by atoms with van der Waals surface area (Å²) in [7, 11) is 0. The summed E-state index contributed by atoms with van der Waals surface area (Å²) in [4.78, 5) is 10.7. The highest BCUT2D eigenvalue weighted by Gasteiger charge is 2.32. The van der Waals surface area contributed by atoms with Gasteiger partial charge in [-0.2, -0.15) is 0 Å². The fourth-order valence-corrected chi connectivity index (χ4v) is 2.32. The summed E-state index contributed by atoms with van der Waals surface area (Å²) in [6.45, 7) is 2.06. The maximum Gasteiger partial charge on any atom is 0.322 e. The Labute approximate surface area is 105 Å². The summed E-state index contributed by atoms with van der Waals surface area (Å²) in [5.41, 5.74) is 5.71. The second kappa shape index (κ2) is 5.71. The van der Waals surface area contributed by atoms with Crippen molar-refractivity contribution in [2.75, 3.05) is 6.61 Å². The van der Waals surface area contributed by atoms with Gasteiger partial charge >= 0.3 is 5.97 Å². The van der Waals surface area contributed by atoms with Crippen LogP contribution in [-0.4, -0.2) is 23.5 Å². The predicted molar refractivity (Wildman–Crippen MR) is 65.5 cm³/mol.